The molecule has 9 rings (SSSR count). The predicted octanol–water partition coefficient (Wildman–Crippen LogP) is 12.0. The lowest BCUT2D eigenvalue weighted by Gasteiger charge is -2.18. The molecule has 8 aromatic carbocycles. The first kappa shape index (κ1) is 12.3. The fraction of sp³-hybridized carbons (Fsp3) is 0. The first-order valence-electron chi connectivity index (χ1n) is 22.3. The van der Waals surface area contributed by atoms with Crippen LogP contribution in [0.1, 0.15) is 24.7 Å². The average Bonchev–Trinajstić information content (AvgIpc) is 3.65. The van der Waals surface area contributed by atoms with Gasteiger partial charge in [-0.1, -0.05) is 145 Å². The van der Waals surface area contributed by atoms with Gasteiger partial charge in [-0.05, 0) is 72.2 Å². The molecule has 0 unspecified atom stereocenters. The molecule has 200 valence electrons. The summed E-state index contributed by atoms with van der Waals surface area (Å²) < 4.78 is 164. The van der Waals surface area contributed by atoms with Crippen molar-refractivity contribution in [2.24, 2.45) is 0 Å². The lowest BCUT2D eigenvalue weighted by atomic mass is 9.84. The van der Waals surface area contributed by atoms with E-state index in [0.29, 0.717) is 21.5 Å². The van der Waals surface area contributed by atoms with Gasteiger partial charge in [0.15, 0.2) is 0 Å². The third kappa shape index (κ3) is 3.65. The van der Waals surface area contributed by atoms with Crippen LogP contribution < -0.4 is 0 Å². The summed E-state index contributed by atoms with van der Waals surface area (Å²) in [4.78, 5) is 0. The molecule has 0 radical (unpaired) electrons. The van der Waals surface area contributed by atoms with Crippen molar-refractivity contribution >= 4 is 54.3 Å². The van der Waals surface area contributed by atoms with E-state index in [1.807, 2.05) is 0 Å². The van der Waals surface area contributed by atoms with Gasteiger partial charge < -0.3 is 4.42 Å². The van der Waals surface area contributed by atoms with Crippen LogP contribution in [-0.2, 0) is 0 Å². The Labute approximate surface area is 274 Å². The molecule has 1 heteroatoms. The number of rotatable bonds is 3. The standard InChI is InChI=1S/C42H26O/c1-2-13-28(14-3-1)31-20-10-22-37-41-36(21-11-23-38(41)43-42(31)37)40-34-18-8-6-16-32(34)39(33-17-7-9-19-35(33)40)30-25-24-27-12-4-5-15-29(27)26-30/h1-26H/i1D,2D,3D,4D,5D,10D,11D,12D,13D,14D,15D,20D,21D,22D,23D,24D,25D,26D. The summed E-state index contributed by atoms with van der Waals surface area (Å²) in [5, 5.41) is 0.615. The Hall–Kier alpha value is -5.66. The lowest BCUT2D eigenvalue weighted by molar-refractivity contribution is 0.670. The van der Waals surface area contributed by atoms with Gasteiger partial charge in [-0.15, -0.1) is 0 Å². The molecule has 0 N–H and O–H groups in total. The van der Waals surface area contributed by atoms with Gasteiger partial charge in [0.2, 0.25) is 0 Å². The number of furan rings is 1. The number of fused-ring (bicyclic) bond motifs is 6. The maximum atomic E-state index is 9.46. The molecule has 1 nitrogen and oxygen atoms in total. The van der Waals surface area contributed by atoms with Gasteiger partial charge in [0.05, 0.1) is 24.7 Å². The van der Waals surface area contributed by atoms with Gasteiger partial charge >= 0.3 is 0 Å². The first-order valence-corrected chi connectivity index (χ1v) is 13.3. The molecule has 0 amide bonds. The van der Waals surface area contributed by atoms with Crippen molar-refractivity contribution in [3.05, 3.63) is 157 Å². The summed E-state index contributed by atoms with van der Waals surface area (Å²) in [7, 11) is 0. The lowest BCUT2D eigenvalue weighted by Crippen LogP contribution is -1.91. The molecule has 0 aliphatic carbocycles. The van der Waals surface area contributed by atoms with Crippen LogP contribution in [0.3, 0.4) is 0 Å². The van der Waals surface area contributed by atoms with Gasteiger partial charge in [0.25, 0.3) is 0 Å². The third-order valence-electron chi connectivity index (χ3n) is 7.56. The topological polar surface area (TPSA) is 13.1 Å². The molecule has 0 atom stereocenters. The molecule has 0 fully saturated rings. The molecule has 0 saturated heterocycles. The summed E-state index contributed by atoms with van der Waals surface area (Å²) in [6, 6.07) is 2.43. The smallest absolute Gasteiger partial charge is 0.143 e. The van der Waals surface area contributed by atoms with E-state index < -0.39 is 120 Å². The van der Waals surface area contributed by atoms with Crippen LogP contribution in [0.5, 0.6) is 0 Å². The fourth-order valence-corrected chi connectivity index (χ4v) is 5.79. The van der Waals surface area contributed by atoms with Crippen LogP contribution in [0.25, 0.3) is 87.6 Å². The summed E-state index contributed by atoms with van der Waals surface area (Å²) in [6.45, 7) is 0. The SMILES string of the molecule is [2H]c1c([2H])c([2H])c(-c2c([2H])c([2H])c([2H])c3c2oc2c([2H])c([2H])c([2H])c(-c4c5ccccc5c(-c5c([2H])c([2H])c6c([2H])c([2H])c([2H])c([2H])c6c5[2H])c5ccccc45)c23)c([2H])c1[2H]. The largest absolute Gasteiger partial charge is 0.455 e. The number of hydrogen-bond acceptors (Lipinski definition) is 1. The van der Waals surface area contributed by atoms with Crippen LogP contribution in [0.2, 0.25) is 0 Å². The van der Waals surface area contributed by atoms with Crippen LogP contribution >= 0.6 is 0 Å². The van der Waals surface area contributed by atoms with Crippen molar-refractivity contribution in [1.82, 2.24) is 0 Å². The molecular weight excluding hydrogens is 520 g/mol. The van der Waals surface area contributed by atoms with Crippen molar-refractivity contribution in [3.63, 3.8) is 0 Å². The average molecular weight is 565 g/mol. The normalized spacial score (nSPS) is 17.6. The van der Waals surface area contributed by atoms with Crippen LogP contribution in [0.4, 0.5) is 0 Å². The molecule has 0 bridgehead atoms. The van der Waals surface area contributed by atoms with Crippen LogP contribution in [0.15, 0.2) is 162 Å². The van der Waals surface area contributed by atoms with Crippen LogP contribution in [0, 0.1) is 0 Å². The highest BCUT2D eigenvalue weighted by Gasteiger charge is 2.21. The maximum Gasteiger partial charge on any atom is 0.143 e. The Morgan fingerprint density at radius 3 is 1.81 bits per heavy atom. The number of benzene rings is 8. The van der Waals surface area contributed by atoms with Gasteiger partial charge in [-0.25, -0.2) is 0 Å². The zero-order chi connectivity index (χ0) is 44.0. The minimum atomic E-state index is -0.723. The van der Waals surface area contributed by atoms with Crippen molar-refractivity contribution in [2.75, 3.05) is 0 Å². The highest BCUT2D eigenvalue weighted by molar-refractivity contribution is 6.26. The van der Waals surface area contributed by atoms with E-state index in [9.17, 15) is 5.48 Å². The second-order valence-corrected chi connectivity index (χ2v) is 9.85. The zero-order valence-electron chi connectivity index (χ0n) is 40.0. The van der Waals surface area contributed by atoms with Gasteiger partial charge in [0.1, 0.15) is 11.2 Å². The van der Waals surface area contributed by atoms with Gasteiger partial charge in [-0.3, -0.25) is 0 Å². The Morgan fingerprint density at radius 1 is 0.442 bits per heavy atom. The van der Waals surface area contributed by atoms with E-state index in [-0.39, 0.29) is 55.0 Å². The minimum Gasteiger partial charge on any atom is -0.455 e. The summed E-state index contributed by atoms with van der Waals surface area (Å²) in [6.07, 6.45) is 0. The minimum absolute atomic E-state index is 0.0441. The molecule has 9 aromatic rings. The molecule has 1 heterocycles. The zero-order valence-corrected chi connectivity index (χ0v) is 22.0. The van der Waals surface area contributed by atoms with Crippen molar-refractivity contribution in [2.45, 2.75) is 0 Å². The third-order valence-corrected chi connectivity index (χ3v) is 7.56. The molecule has 1 aromatic heterocycles. The van der Waals surface area contributed by atoms with Crippen LogP contribution in [-0.4, -0.2) is 0 Å². The van der Waals surface area contributed by atoms with Gasteiger partial charge in [0, 0.05) is 16.3 Å². The van der Waals surface area contributed by atoms with E-state index in [1.165, 1.54) is 0 Å². The fourth-order valence-electron chi connectivity index (χ4n) is 5.79. The van der Waals surface area contributed by atoms with E-state index in [4.69, 9.17) is 23.6 Å². The summed E-state index contributed by atoms with van der Waals surface area (Å²) >= 11 is 0. The quantitative estimate of drug-likeness (QED) is 0.195. The monoisotopic (exact) mass is 564 g/mol. The molecule has 43 heavy (non-hydrogen) atoms. The van der Waals surface area contributed by atoms with E-state index in [0.717, 1.165) is 0 Å². The van der Waals surface area contributed by atoms with E-state index in [1.54, 1.807) is 48.5 Å². The molecule has 0 saturated carbocycles. The second-order valence-electron chi connectivity index (χ2n) is 9.85. The maximum absolute atomic E-state index is 9.46. The summed E-state index contributed by atoms with van der Waals surface area (Å²) in [5.74, 6) is 0. The predicted molar refractivity (Wildman–Crippen MR) is 183 cm³/mol. The molecule has 0 aliphatic heterocycles. The highest BCUT2D eigenvalue weighted by Crippen LogP contribution is 2.47. The second kappa shape index (κ2) is 9.44. The van der Waals surface area contributed by atoms with Crippen molar-refractivity contribution in [3.8, 4) is 33.4 Å². The molecule has 0 spiro atoms. The Balaban J connectivity index is 1.51. The first-order chi connectivity index (χ1) is 28.8. The number of para-hydroxylation sites is 1. The molecule has 0 aliphatic rings. The Kier molecular flexibility index (Phi) is 2.70. The van der Waals surface area contributed by atoms with E-state index in [2.05, 4.69) is 0 Å². The van der Waals surface area contributed by atoms with Crippen molar-refractivity contribution < 1.29 is 29.1 Å². The molecular formula is C42H26O. The van der Waals surface area contributed by atoms with E-state index >= 15 is 0 Å². The van der Waals surface area contributed by atoms with Crippen molar-refractivity contribution in [1.29, 1.82) is 0 Å². The summed E-state index contributed by atoms with van der Waals surface area (Å²) in [5.41, 5.74) is -1.23. The van der Waals surface area contributed by atoms with Gasteiger partial charge in [-0.2, -0.15) is 0 Å². The Morgan fingerprint density at radius 2 is 1.07 bits per heavy atom. The highest BCUT2D eigenvalue weighted by atomic mass is 16.3. The Bertz CT molecular complexity index is 3430. The number of hydrogen-bond donors (Lipinski definition) is 0.